The van der Waals surface area contributed by atoms with E-state index in [-0.39, 0.29) is 5.41 Å². The Labute approximate surface area is 103 Å². The summed E-state index contributed by atoms with van der Waals surface area (Å²) < 4.78 is 0. The lowest BCUT2D eigenvalue weighted by Gasteiger charge is -2.37. The van der Waals surface area contributed by atoms with E-state index in [4.69, 9.17) is 12.2 Å². The quantitative estimate of drug-likeness (QED) is 0.775. The van der Waals surface area contributed by atoms with Gasteiger partial charge in [0.1, 0.15) is 0 Å². The van der Waals surface area contributed by atoms with Crippen molar-refractivity contribution >= 4 is 22.9 Å². The molecule has 1 aliphatic heterocycles. The lowest BCUT2D eigenvalue weighted by Crippen LogP contribution is -2.43. The lowest BCUT2D eigenvalue weighted by molar-refractivity contribution is 0.321. The van der Waals surface area contributed by atoms with E-state index in [1.54, 1.807) is 0 Å². The number of rotatable bonds is 2. The normalized spacial score (nSPS) is 17.8. The van der Waals surface area contributed by atoms with Crippen LogP contribution in [0.25, 0.3) is 0 Å². The minimum absolute atomic E-state index is 0.00588. The molecule has 0 atom stereocenters. The monoisotopic (exact) mass is 233 g/mol. The molecule has 1 aliphatic rings. The summed E-state index contributed by atoms with van der Waals surface area (Å²) in [4.78, 5) is 0.985. The van der Waals surface area contributed by atoms with Crippen molar-refractivity contribution in [2.45, 2.75) is 33.1 Å². The molecule has 2 heteroatoms. The molecule has 0 aromatic heterocycles. The highest BCUT2D eigenvalue weighted by atomic mass is 32.1. The fourth-order valence-electron chi connectivity index (χ4n) is 3.11. The third kappa shape index (κ3) is 1.32. The van der Waals surface area contributed by atoms with E-state index in [0.717, 1.165) is 4.99 Å². The molecular weight excluding hydrogens is 214 g/mol. The first kappa shape index (κ1) is 11.6. The van der Waals surface area contributed by atoms with Gasteiger partial charge in [-0.25, -0.2) is 0 Å². The Morgan fingerprint density at radius 3 is 2.19 bits per heavy atom. The van der Waals surface area contributed by atoms with Gasteiger partial charge in [0, 0.05) is 5.69 Å². The second-order valence-corrected chi connectivity index (χ2v) is 5.59. The van der Waals surface area contributed by atoms with Crippen LogP contribution in [0.2, 0.25) is 0 Å². The van der Waals surface area contributed by atoms with Gasteiger partial charge in [0.05, 0.1) is 10.4 Å². The van der Waals surface area contributed by atoms with Gasteiger partial charge in [0.25, 0.3) is 0 Å². The molecule has 1 heterocycles. The van der Waals surface area contributed by atoms with Crippen molar-refractivity contribution in [2.24, 2.45) is 11.8 Å². The second kappa shape index (κ2) is 3.85. The van der Waals surface area contributed by atoms with Crippen LogP contribution in [-0.4, -0.2) is 4.99 Å². The highest BCUT2D eigenvalue weighted by Crippen LogP contribution is 2.48. The zero-order valence-corrected chi connectivity index (χ0v) is 11.2. The molecule has 1 aromatic carbocycles. The zero-order valence-electron chi connectivity index (χ0n) is 10.4. The molecule has 1 aromatic rings. The van der Waals surface area contributed by atoms with Gasteiger partial charge < -0.3 is 5.32 Å². The maximum Gasteiger partial charge on any atom is 0.0910 e. The molecule has 0 unspecified atom stereocenters. The molecule has 86 valence electrons. The van der Waals surface area contributed by atoms with Gasteiger partial charge in [-0.05, 0) is 23.5 Å². The molecule has 0 radical (unpaired) electrons. The first-order chi connectivity index (χ1) is 7.51. The molecule has 0 saturated carbocycles. The zero-order chi connectivity index (χ0) is 11.9. The summed E-state index contributed by atoms with van der Waals surface area (Å²) in [5.74, 6) is 1.02. The molecule has 0 bridgehead atoms. The van der Waals surface area contributed by atoms with Crippen molar-refractivity contribution in [3.8, 4) is 0 Å². The largest absolute Gasteiger partial charge is 0.349 e. The van der Waals surface area contributed by atoms with Gasteiger partial charge in [-0.1, -0.05) is 58.1 Å². The van der Waals surface area contributed by atoms with E-state index >= 15 is 0 Å². The fraction of sp³-hybridized carbons (Fsp3) is 0.500. The molecule has 0 saturated heterocycles. The summed E-state index contributed by atoms with van der Waals surface area (Å²) in [7, 11) is 0. The van der Waals surface area contributed by atoms with E-state index < -0.39 is 0 Å². The van der Waals surface area contributed by atoms with Crippen LogP contribution < -0.4 is 5.32 Å². The minimum atomic E-state index is 0.00588. The predicted molar refractivity (Wildman–Crippen MR) is 74.0 cm³/mol. The van der Waals surface area contributed by atoms with Gasteiger partial charge in [0.2, 0.25) is 0 Å². The van der Waals surface area contributed by atoms with E-state index in [2.05, 4.69) is 57.3 Å². The molecule has 1 N–H and O–H groups in total. The Morgan fingerprint density at radius 1 is 1.06 bits per heavy atom. The van der Waals surface area contributed by atoms with Crippen LogP contribution >= 0.6 is 12.2 Å². The molecular formula is C14H19NS. The standard InChI is InChI=1S/C14H19NS/c1-9(2)14(10(3)4)11-7-5-6-8-12(11)15-13(14)16/h5-10H,1-4H3,(H,15,16). The highest BCUT2D eigenvalue weighted by Gasteiger charge is 2.48. The lowest BCUT2D eigenvalue weighted by atomic mass is 9.66. The van der Waals surface area contributed by atoms with E-state index in [1.807, 2.05) is 0 Å². The van der Waals surface area contributed by atoms with Crippen molar-refractivity contribution in [3.05, 3.63) is 29.8 Å². The van der Waals surface area contributed by atoms with E-state index in [1.165, 1.54) is 11.3 Å². The Hall–Kier alpha value is -0.890. The van der Waals surface area contributed by atoms with Crippen LogP contribution in [-0.2, 0) is 5.41 Å². The van der Waals surface area contributed by atoms with Gasteiger partial charge >= 0.3 is 0 Å². The third-order valence-electron chi connectivity index (χ3n) is 3.82. The van der Waals surface area contributed by atoms with E-state index in [0.29, 0.717) is 11.8 Å². The fourth-order valence-corrected chi connectivity index (χ4v) is 3.81. The Morgan fingerprint density at radius 2 is 1.62 bits per heavy atom. The summed E-state index contributed by atoms with van der Waals surface area (Å²) in [5, 5.41) is 3.38. The number of hydrogen-bond donors (Lipinski definition) is 1. The van der Waals surface area contributed by atoms with Gasteiger partial charge in [0.15, 0.2) is 0 Å². The molecule has 1 nitrogen and oxygen atoms in total. The van der Waals surface area contributed by atoms with Crippen molar-refractivity contribution < 1.29 is 0 Å². The number of benzene rings is 1. The average molecular weight is 233 g/mol. The molecule has 0 aliphatic carbocycles. The number of hydrogen-bond acceptors (Lipinski definition) is 1. The molecule has 16 heavy (non-hydrogen) atoms. The van der Waals surface area contributed by atoms with Crippen molar-refractivity contribution in [1.82, 2.24) is 0 Å². The molecule has 0 amide bonds. The van der Waals surface area contributed by atoms with Gasteiger partial charge in [-0.3, -0.25) is 0 Å². The maximum absolute atomic E-state index is 5.60. The smallest absolute Gasteiger partial charge is 0.0910 e. The predicted octanol–water partition coefficient (Wildman–Crippen LogP) is 3.99. The molecule has 2 rings (SSSR count). The number of fused-ring (bicyclic) bond motifs is 1. The Bertz CT molecular complexity index is 412. The number of thiocarbonyl (C=S) groups is 1. The van der Waals surface area contributed by atoms with Crippen molar-refractivity contribution in [3.63, 3.8) is 0 Å². The van der Waals surface area contributed by atoms with Crippen LogP contribution in [0.5, 0.6) is 0 Å². The molecule has 0 spiro atoms. The van der Waals surface area contributed by atoms with Crippen LogP contribution in [0.1, 0.15) is 33.3 Å². The summed E-state index contributed by atoms with van der Waals surface area (Å²) in [6, 6.07) is 8.49. The maximum atomic E-state index is 5.60. The van der Waals surface area contributed by atoms with E-state index in [9.17, 15) is 0 Å². The summed E-state index contributed by atoms with van der Waals surface area (Å²) in [5.41, 5.74) is 2.56. The Balaban J connectivity index is 2.67. The van der Waals surface area contributed by atoms with Crippen molar-refractivity contribution in [1.29, 1.82) is 0 Å². The highest BCUT2D eigenvalue weighted by molar-refractivity contribution is 7.80. The van der Waals surface area contributed by atoms with Gasteiger partial charge in [-0.15, -0.1) is 0 Å². The average Bonchev–Trinajstić information content (AvgIpc) is 2.50. The van der Waals surface area contributed by atoms with Crippen LogP contribution in [0.15, 0.2) is 24.3 Å². The van der Waals surface area contributed by atoms with Crippen LogP contribution in [0.3, 0.4) is 0 Å². The summed E-state index contributed by atoms with van der Waals surface area (Å²) in [6.07, 6.45) is 0. The second-order valence-electron chi connectivity index (χ2n) is 5.18. The topological polar surface area (TPSA) is 12.0 Å². The molecule has 0 fully saturated rings. The van der Waals surface area contributed by atoms with Crippen molar-refractivity contribution in [2.75, 3.05) is 5.32 Å². The van der Waals surface area contributed by atoms with Crippen LogP contribution in [0.4, 0.5) is 5.69 Å². The summed E-state index contributed by atoms with van der Waals surface area (Å²) in [6.45, 7) is 9.04. The first-order valence-electron chi connectivity index (χ1n) is 5.92. The summed E-state index contributed by atoms with van der Waals surface area (Å²) >= 11 is 5.60. The third-order valence-corrected chi connectivity index (χ3v) is 4.26. The number of para-hydroxylation sites is 1. The Kier molecular flexibility index (Phi) is 2.79. The van der Waals surface area contributed by atoms with Gasteiger partial charge in [-0.2, -0.15) is 0 Å². The van der Waals surface area contributed by atoms with Crippen LogP contribution in [0, 0.1) is 11.8 Å². The first-order valence-corrected chi connectivity index (χ1v) is 6.33. The SMILES string of the molecule is CC(C)C1(C(C)C)C(=S)Nc2ccccc21. The minimum Gasteiger partial charge on any atom is -0.349 e. The number of nitrogens with one attached hydrogen (secondary N) is 1. The number of anilines is 1.